The molecule has 2 amide bonds. The summed E-state index contributed by atoms with van der Waals surface area (Å²) in [6, 6.07) is 0. The second-order valence-electron chi connectivity index (χ2n) is 4.95. The molecule has 17 heavy (non-hydrogen) atoms. The van der Waals surface area contributed by atoms with Crippen LogP contribution < -0.4 is 5.32 Å². The largest absolute Gasteiger partial charge is 0.356 e. The van der Waals surface area contributed by atoms with Gasteiger partial charge in [-0.1, -0.05) is 0 Å². The summed E-state index contributed by atoms with van der Waals surface area (Å²) in [6.07, 6.45) is 5.60. The van der Waals surface area contributed by atoms with Gasteiger partial charge in [0.15, 0.2) is 0 Å². The van der Waals surface area contributed by atoms with E-state index >= 15 is 0 Å². The van der Waals surface area contributed by atoms with Crippen LogP contribution in [0.1, 0.15) is 25.7 Å². The van der Waals surface area contributed by atoms with Crippen molar-refractivity contribution in [2.24, 2.45) is 5.41 Å². The third-order valence-electron chi connectivity index (χ3n) is 3.93. The smallest absolute Gasteiger partial charge is 0.232 e. The number of rotatable bonds is 2. The van der Waals surface area contributed by atoms with Crippen LogP contribution in [0.3, 0.4) is 0 Å². The van der Waals surface area contributed by atoms with Gasteiger partial charge in [0.05, 0.1) is 11.2 Å². The fraction of sp³-hybridized carbons (Fsp3) is 0.833. The van der Waals surface area contributed by atoms with Crippen LogP contribution >= 0.6 is 11.8 Å². The Morgan fingerprint density at radius 1 is 1.41 bits per heavy atom. The van der Waals surface area contributed by atoms with Crippen LogP contribution in [0.4, 0.5) is 0 Å². The summed E-state index contributed by atoms with van der Waals surface area (Å²) >= 11 is 1.56. The maximum absolute atomic E-state index is 11.9. The lowest BCUT2D eigenvalue weighted by Crippen LogP contribution is -2.35. The summed E-state index contributed by atoms with van der Waals surface area (Å²) in [7, 11) is 0. The molecule has 0 unspecified atom stereocenters. The molecule has 2 aliphatic rings. The van der Waals surface area contributed by atoms with E-state index in [1.165, 1.54) is 0 Å². The zero-order valence-electron chi connectivity index (χ0n) is 10.3. The molecule has 1 N–H and O–H groups in total. The lowest BCUT2D eigenvalue weighted by Gasteiger charge is -2.24. The summed E-state index contributed by atoms with van der Waals surface area (Å²) in [4.78, 5) is 25.7. The molecule has 1 atom stereocenters. The summed E-state index contributed by atoms with van der Waals surface area (Å²) in [5.74, 6) is 0.976. The molecule has 5 heteroatoms. The van der Waals surface area contributed by atoms with Crippen LogP contribution in [0.2, 0.25) is 0 Å². The lowest BCUT2D eigenvalue weighted by atomic mass is 9.79. The standard InChI is InChI=1S/C12H20N2O2S/c1-17-9-10(15)14-7-2-3-12(5-8-14)4-6-13-11(12)16/h2-9H2,1H3,(H,13,16)/t12-/m0/s1. The van der Waals surface area contributed by atoms with E-state index in [0.717, 1.165) is 45.3 Å². The van der Waals surface area contributed by atoms with Crippen LogP contribution in [-0.2, 0) is 9.59 Å². The second-order valence-corrected chi connectivity index (χ2v) is 5.82. The predicted molar refractivity (Wildman–Crippen MR) is 68.9 cm³/mol. The van der Waals surface area contributed by atoms with Crippen molar-refractivity contribution in [2.45, 2.75) is 25.7 Å². The van der Waals surface area contributed by atoms with Gasteiger partial charge in [0.25, 0.3) is 0 Å². The third kappa shape index (κ3) is 2.59. The molecule has 0 aliphatic carbocycles. The molecule has 2 aliphatic heterocycles. The number of hydrogen-bond acceptors (Lipinski definition) is 3. The van der Waals surface area contributed by atoms with E-state index in [1.807, 2.05) is 11.2 Å². The highest BCUT2D eigenvalue weighted by Crippen LogP contribution is 2.37. The van der Waals surface area contributed by atoms with E-state index < -0.39 is 0 Å². The number of carbonyl (C=O) groups is 2. The van der Waals surface area contributed by atoms with Gasteiger partial charge < -0.3 is 10.2 Å². The minimum atomic E-state index is -0.172. The average molecular weight is 256 g/mol. The van der Waals surface area contributed by atoms with Gasteiger partial charge in [0.2, 0.25) is 11.8 Å². The minimum absolute atomic E-state index is 0.172. The van der Waals surface area contributed by atoms with Crippen molar-refractivity contribution in [1.29, 1.82) is 0 Å². The van der Waals surface area contributed by atoms with E-state index in [9.17, 15) is 9.59 Å². The van der Waals surface area contributed by atoms with Crippen molar-refractivity contribution in [1.82, 2.24) is 10.2 Å². The number of thioether (sulfide) groups is 1. The molecule has 96 valence electrons. The lowest BCUT2D eigenvalue weighted by molar-refractivity contribution is -0.130. The topological polar surface area (TPSA) is 49.4 Å². The third-order valence-corrected chi connectivity index (χ3v) is 4.47. The normalized spacial score (nSPS) is 29.2. The number of amides is 2. The van der Waals surface area contributed by atoms with Crippen LogP contribution in [0.5, 0.6) is 0 Å². The Kier molecular flexibility index (Phi) is 3.97. The average Bonchev–Trinajstić information content (AvgIpc) is 2.53. The summed E-state index contributed by atoms with van der Waals surface area (Å²) in [5, 5.41) is 2.93. The molecule has 0 aromatic carbocycles. The van der Waals surface area contributed by atoms with Gasteiger partial charge >= 0.3 is 0 Å². The molecule has 0 bridgehead atoms. The second kappa shape index (κ2) is 5.29. The van der Waals surface area contributed by atoms with Crippen LogP contribution in [0.15, 0.2) is 0 Å². The first-order valence-corrected chi connectivity index (χ1v) is 7.62. The van der Waals surface area contributed by atoms with Gasteiger partial charge in [-0.15, -0.1) is 0 Å². The Bertz CT molecular complexity index is 322. The molecule has 2 fully saturated rings. The molecule has 0 aromatic rings. The molecule has 0 saturated carbocycles. The number of nitrogens with one attached hydrogen (secondary N) is 1. The van der Waals surface area contributed by atoms with E-state index in [4.69, 9.17) is 0 Å². The van der Waals surface area contributed by atoms with E-state index in [0.29, 0.717) is 5.75 Å². The SMILES string of the molecule is CSCC(=O)N1CCC[C@]2(CCNC2=O)CC1. The maximum atomic E-state index is 11.9. The molecular weight excluding hydrogens is 236 g/mol. The van der Waals surface area contributed by atoms with Gasteiger partial charge in [0.1, 0.15) is 0 Å². The van der Waals surface area contributed by atoms with Crippen molar-refractivity contribution >= 4 is 23.6 Å². The van der Waals surface area contributed by atoms with Gasteiger partial charge in [-0.2, -0.15) is 11.8 Å². The van der Waals surface area contributed by atoms with Gasteiger partial charge in [-0.3, -0.25) is 9.59 Å². The number of carbonyl (C=O) groups excluding carboxylic acids is 2. The molecule has 2 rings (SSSR count). The Hall–Kier alpha value is -0.710. The molecule has 1 spiro atoms. The Balaban J connectivity index is 1.98. The van der Waals surface area contributed by atoms with Crippen LogP contribution in [0, 0.1) is 5.41 Å². The first kappa shape index (κ1) is 12.7. The molecule has 0 aromatic heterocycles. The van der Waals surface area contributed by atoms with Gasteiger partial charge in [-0.05, 0) is 31.9 Å². The molecule has 2 heterocycles. The Morgan fingerprint density at radius 2 is 2.24 bits per heavy atom. The Morgan fingerprint density at radius 3 is 2.88 bits per heavy atom. The van der Waals surface area contributed by atoms with E-state index in [2.05, 4.69) is 5.32 Å². The molecule has 2 saturated heterocycles. The van der Waals surface area contributed by atoms with Crippen molar-refractivity contribution in [2.75, 3.05) is 31.6 Å². The van der Waals surface area contributed by atoms with Crippen molar-refractivity contribution < 1.29 is 9.59 Å². The predicted octanol–water partition coefficient (Wildman–Crippen LogP) is 0.868. The van der Waals surface area contributed by atoms with Crippen LogP contribution in [-0.4, -0.2) is 48.4 Å². The Labute approximate surface area is 106 Å². The zero-order chi connectivity index (χ0) is 12.3. The van der Waals surface area contributed by atoms with E-state index in [-0.39, 0.29) is 17.2 Å². The number of likely N-dealkylation sites (tertiary alicyclic amines) is 1. The fourth-order valence-electron chi connectivity index (χ4n) is 2.85. The molecule has 0 radical (unpaired) electrons. The summed E-state index contributed by atoms with van der Waals surface area (Å²) in [6.45, 7) is 2.36. The van der Waals surface area contributed by atoms with E-state index in [1.54, 1.807) is 11.8 Å². The number of hydrogen-bond donors (Lipinski definition) is 1. The first-order chi connectivity index (χ1) is 8.18. The maximum Gasteiger partial charge on any atom is 0.232 e. The monoisotopic (exact) mass is 256 g/mol. The van der Waals surface area contributed by atoms with Gasteiger partial charge in [-0.25, -0.2) is 0 Å². The highest BCUT2D eigenvalue weighted by Gasteiger charge is 2.43. The van der Waals surface area contributed by atoms with Crippen molar-refractivity contribution in [3.63, 3.8) is 0 Å². The van der Waals surface area contributed by atoms with Crippen molar-refractivity contribution in [3.8, 4) is 0 Å². The van der Waals surface area contributed by atoms with Crippen molar-refractivity contribution in [3.05, 3.63) is 0 Å². The highest BCUT2D eigenvalue weighted by molar-refractivity contribution is 7.99. The quantitative estimate of drug-likeness (QED) is 0.797. The van der Waals surface area contributed by atoms with Crippen LogP contribution in [0.25, 0.3) is 0 Å². The first-order valence-electron chi connectivity index (χ1n) is 6.23. The summed E-state index contributed by atoms with van der Waals surface area (Å²) < 4.78 is 0. The van der Waals surface area contributed by atoms with Gasteiger partial charge in [0, 0.05) is 19.6 Å². The fourth-order valence-corrected chi connectivity index (χ4v) is 3.28. The zero-order valence-corrected chi connectivity index (χ0v) is 11.1. The molecule has 4 nitrogen and oxygen atoms in total. The summed E-state index contributed by atoms with van der Waals surface area (Å²) in [5.41, 5.74) is -0.172. The number of nitrogens with zero attached hydrogens (tertiary/aromatic N) is 1. The molecular formula is C12H20N2O2S. The highest BCUT2D eigenvalue weighted by atomic mass is 32.2. The minimum Gasteiger partial charge on any atom is -0.356 e.